The molecule has 2 nitrogen and oxygen atoms in total. The van der Waals surface area contributed by atoms with Gasteiger partial charge < -0.3 is 5.11 Å². The van der Waals surface area contributed by atoms with Crippen molar-refractivity contribution in [3.63, 3.8) is 0 Å². The van der Waals surface area contributed by atoms with Gasteiger partial charge in [0.2, 0.25) is 0 Å². The van der Waals surface area contributed by atoms with Crippen LogP contribution in [0.4, 0.5) is 0 Å². The maximum absolute atomic E-state index is 13.4. The second-order valence-electron chi connectivity index (χ2n) is 12.2. The molecule has 0 radical (unpaired) electrons. The lowest BCUT2D eigenvalue weighted by atomic mass is 9.46. The van der Waals surface area contributed by atoms with Crippen LogP contribution in [0.25, 0.3) is 0 Å². The first-order valence-electron chi connectivity index (χ1n) is 12.7. The maximum Gasteiger partial charge on any atom is 0.159 e. The van der Waals surface area contributed by atoms with Crippen LogP contribution >= 0.6 is 0 Å². The quantitative estimate of drug-likeness (QED) is 0.529. The highest BCUT2D eigenvalue weighted by Gasteiger charge is 2.61. The minimum absolute atomic E-state index is 0.134. The van der Waals surface area contributed by atoms with Gasteiger partial charge in [-0.3, -0.25) is 4.79 Å². The van der Waals surface area contributed by atoms with E-state index in [0.29, 0.717) is 47.7 Å². The zero-order valence-electron chi connectivity index (χ0n) is 20.2. The number of rotatable bonds is 4. The molecule has 3 saturated carbocycles. The molecule has 0 saturated heterocycles. The normalized spacial score (nSPS) is 45.7. The summed E-state index contributed by atoms with van der Waals surface area (Å²) in [6.07, 6.45) is 14.2. The van der Waals surface area contributed by atoms with Gasteiger partial charge in [-0.05, 0) is 97.4 Å². The SMILES string of the molecule is CC(C)[C@@H](C)C=C[C@@H](C)[C@H]1CC[C@H]2[C@@H]3C(=O)C=C4C[C@@H](O)CC[C@]4(C)[C@H]3CC[C@]12C. The highest BCUT2D eigenvalue weighted by atomic mass is 16.3. The van der Waals surface area contributed by atoms with Gasteiger partial charge in [-0.2, -0.15) is 0 Å². The fourth-order valence-electron chi connectivity index (χ4n) is 7.99. The first-order chi connectivity index (χ1) is 14.1. The highest BCUT2D eigenvalue weighted by molar-refractivity contribution is 5.94. The van der Waals surface area contributed by atoms with Crippen molar-refractivity contribution < 1.29 is 9.90 Å². The van der Waals surface area contributed by atoms with Gasteiger partial charge in [-0.25, -0.2) is 0 Å². The van der Waals surface area contributed by atoms with Crippen LogP contribution in [0.3, 0.4) is 0 Å². The van der Waals surface area contributed by atoms with Crippen molar-refractivity contribution in [3.8, 4) is 0 Å². The molecule has 9 atom stereocenters. The molecule has 0 spiro atoms. The largest absolute Gasteiger partial charge is 0.393 e. The predicted molar refractivity (Wildman–Crippen MR) is 124 cm³/mol. The topological polar surface area (TPSA) is 37.3 Å². The van der Waals surface area contributed by atoms with Gasteiger partial charge in [-0.1, -0.05) is 59.3 Å². The van der Waals surface area contributed by atoms with E-state index in [1.807, 2.05) is 6.08 Å². The second-order valence-corrected chi connectivity index (χ2v) is 12.2. The summed E-state index contributed by atoms with van der Waals surface area (Å²) in [5.41, 5.74) is 1.68. The average molecular weight is 413 g/mol. The number of carbonyl (C=O) groups is 1. The number of aliphatic hydroxyl groups is 1. The van der Waals surface area contributed by atoms with Crippen LogP contribution in [0.1, 0.15) is 86.5 Å². The first-order valence-corrected chi connectivity index (χ1v) is 12.7. The lowest BCUT2D eigenvalue weighted by Crippen LogP contribution is -2.53. The lowest BCUT2D eigenvalue weighted by molar-refractivity contribution is -0.134. The summed E-state index contributed by atoms with van der Waals surface area (Å²) in [6.45, 7) is 14.3. The van der Waals surface area contributed by atoms with Crippen LogP contribution in [0.2, 0.25) is 0 Å². The second kappa shape index (κ2) is 7.91. The minimum atomic E-state index is -0.251. The summed E-state index contributed by atoms with van der Waals surface area (Å²) in [7, 11) is 0. The Morgan fingerprint density at radius 2 is 1.73 bits per heavy atom. The molecule has 4 rings (SSSR count). The molecule has 0 unspecified atom stereocenters. The Labute approximate surface area is 184 Å². The monoisotopic (exact) mass is 412 g/mol. The van der Waals surface area contributed by atoms with E-state index in [9.17, 15) is 9.90 Å². The molecule has 2 heteroatoms. The predicted octanol–water partition coefficient (Wildman–Crippen LogP) is 6.59. The third-order valence-electron chi connectivity index (χ3n) is 10.4. The molecule has 0 aromatic rings. The zero-order chi connectivity index (χ0) is 21.8. The average Bonchev–Trinajstić information content (AvgIpc) is 3.04. The van der Waals surface area contributed by atoms with Crippen molar-refractivity contribution >= 4 is 5.78 Å². The Kier molecular flexibility index (Phi) is 5.88. The molecule has 3 fully saturated rings. The molecule has 0 aromatic carbocycles. The van der Waals surface area contributed by atoms with Gasteiger partial charge in [0.05, 0.1) is 6.10 Å². The van der Waals surface area contributed by atoms with Gasteiger partial charge >= 0.3 is 0 Å². The molecule has 4 aliphatic carbocycles. The summed E-state index contributed by atoms with van der Waals surface area (Å²) in [5, 5.41) is 10.2. The van der Waals surface area contributed by atoms with Gasteiger partial charge in [0, 0.05) is 5.92 Å². The van der Waals surface area contributed by atoms with E-state index in [0.717, 1.165) is 12.8 Å². The number of hydrogen-bond donors (Lipinski definition) is 1. The maximum atomic E-state index is 13.4. The van der Waals surface area contributed by atoms with Crippen molar-refractivity contribution in [2.75, 3.05) is 0 Å². The van der Waals surface area contributed by atoms with Crippen LogP contribution in [-0.4, -0.2) is 17.0 Å². The van der Waals surface area contributed by atoms with Crippen molar-refractivity contribution in [1.82, 2.24) is 0 Å². The number of carbonyl (C=O) groups excluding carboxylic acids is 1. The highest BCUT2D eigenvalue weighted by Crippen LogP contribution is 2.66. The summed E-state index contributed by atoms with van der Waals surface area (Å²) >= 11 is 0. The van der Waals surface area contributed by atoms with E-state index in [4.69, 9.17) is 0 Å². The Hall–Kier alpha value is -0.890. The zero-order valence-corrected chi connectivity index (χ0v) is 20.2. The molecule has 30 heavy (non-hydrogen) atoms. The van der Waals surface area contributed by atoms with Crippen molar-refractivity contribution in [2.45, 2.75) is 92.6 Å². The van der Waals surface area contributed by atoms with Crippen LogP contribution in [0, 0.1) is 52.3 Å². The molecule has 1 N–H and O–H groups in total. The summed E-state index contributed by atoms with van der Waals surface area (Å²) in [5.74, 6) is 4.21. The number of aliphatic hydroxyl groups excluding tert-OH is 1. The summed E-state index contributed by atoms with van der Waals surface area (Å²) < 4.78 is 0. The molecule has 0 aromatic heterocycles. The van der Waals surface area contributed by atoms with Crippen LogP contribution < -0.4 is 0 Å². The van der Waals surface area contributed by atoms with Gasteiger partial charge in [-0.15, -0.1) is 0 Å². The fourth-order valence-corrected chi connectivity index (χ4v) is 7.99. The standard InChI is InChI=1S/C28H44O2/c1-17(2)18(3)7-8-19(4)22-9-10-23-26-24(12-14-28(22,23)6)27(5)13-11-21(29)15-20(27)16-25(26)30/h7-8,16-19,21-24,26,29H,9-15H2,1-6H3/t18-,19+,21-,22+,23-,24-,26-,27-,28+/m0/s1. The molecule has 0 bridgehead atoms. The summed E-state index contributed by atoms with van der Waals surface area (Å²) in [4.78, 5) is 13.4. The Bertz CT molecular complexity index is 733. The van der Waals surface area contributed by atoms with Crippen LogP contribution in [0.5, 0.6) is 0 Å². The van der Waals surface area contributed by atoms with E-state index in [2.05, 4.69) is 53.7 Å². The molecule has 168 valence electrons. The van der Waals surface area contributed by atoms with E-state index in [1.54, 1.807) is 0 Å². The van der Waals surface area contributed by atoms with E-state index in [1.165, 1.54) is 31.3 Å². The Balaban J connectivity index is 1.58. The Morgan fingerprint density at radius 1 is 1.00 bits per heavy atom. The molecule has 0 amide bonds. The van der Waals surface area contributed by atoms with E-state index < -0.39 is 0 Å². The number of fused-ring (bicyclic) bond motifs is 5. The molecule has 0 aliphatic heterocycles. The number of allylic oxidation sites excluding steroid dienone is 3. The van der Waals surface area contributed by atoms with Gasteiger partial charge in [0.1, 0.15) is 0 Å². The lowest BCUT2D eigenvalue weighted by Gasteiger charge is -2.57. The third kappa shape index (κ3) is 3.46. The summed E-state index contributed by atoms with van der Waals surface area (Å²) in [6, 6.07) is 0. The molecule has 4 aliphatic rings. The smallest absolute Gasteiger partial charge is 0.159 e. The first kappa shape index (κ1) is 22.3. The van der Waals surface area contributed by atoms with E-state index in [-0.39, 0.29) is 22.9 Å². The van der Waals surface area contributed by atoms with E-state index >= 15 is 0 Å². The number of hydrogen-bond acceptors (Lipinski definition) is 2. The van der Waals surface area contributed by atoms with Crippen molar-refractivity contribution in [1.29, 1.82) is 0 Å². The van der Waals surface area contributed by atoms with Gasteiger partial charge in [0.15, 0.2) is 5.78 Å². The fraction of sp³-hybridized carbons (Fsp3) is 0.821. The third-order valence-corrected chi connectivity index (χ3v) is 10.4. The molecule has 0 heterocycles. The van der Waals surface area contributed by atoms with Crippen LogP contribution in [-0.2, 0) is 4.79 Å². The number of ketones is 1. The van der Waals surface area contributed by atoms with Gasteiger partial charge in [0.25, 0.3) is 0 Å². The Morgan fingerprint density at radius 3 is 2.43 bits per heavy atom. The minimum Gasteiger partial charge on any atom is -0.393 e. The van der Waals surface area contributed by atoms with Crippen molar-refractivity contribution in [3.05, 3.63) is 23.8 Å². The van der Waals surface area contributed by atoms with Crippen molar-refractivity contribution in [2.24, 2.45) is 52.3 Å². The van der Waals surface area contributed by atoms with Crippen LogP contribution in [0.15, 0.2) is 23.8 Å². The molecular weight excluding hydrogens is 368 g/mol. The molecular formula is C28H44O2.